The first-order chi connectivity index (χ1) is 10.3. The highest BCUT2D eigenvalue weighted by molar-refractivity contribution is 7.09. The third kappa shape index (κ3) is 6.47. The molecule has 1 unspecified atom stereocenters. The largest absolute Gasteiger partial charge is 0.389 e. The Balaban J connectivity index is 1.52. The van der Waals surface area contributed by atoms with Crippen LogP contribution in [0, 0.1) is 5.92 Å². The topological polar surface area (TPSA) is 41.5 Å². The van der Waals surface area contributed by atoms with Gasteiger partial charge >= 0.3 is 0 Å². The second-order valence-corrected chi connectivity index (χ2v) is 7.20. The zero-order chi connectivity index (χ0) is 14.9. The van der Waals surface area contributed by atoms with Gasteiger partial charge in [-0.15, -0.1) is 11.3 Å². The van der Waals surface area contributed by atoms with Gasteiger partial charge in [0.05, 0.1) is 19.3 Å². The lowest BCUT2D eigenvalue weighted by Gasteiger charge is -2.29. The molecule has 0 amide bonds. The molecule has 1 fully saturated rings. The maximum Gasteiger partial charge on any atom is 0.0897 e. The fourth-order valence-corrected chi connectivity index (χ4v) is 3.76. The van der Waals surface area contributed by atoms with Crippen LogP contribution in [0.2, 0.25) is 0 Å². The molecule has 21 heavy (non-hydrogen) atoms. The third-order valence-electron chi connectivity index (χ3n) is 4.32. The first-order valence-electron chi connectivity index (χ1n) is 8.29. The van der Waals surface area contributed by atoms with Crippen LogP contribution in [0.25, 0.3) is 0 Å². The van der Waals surface area contributed by atoms with E-state index in [0.29, 0.717) is 25.8 Å². The Morgan fingerprint density at radius 3 is 2.86 bits per heavy atom. The Labute approximate surface area is 132 Å². The van der Waals surface area contributed by atoms with Crippen LogP contribution in [-0.2, 0) is 11.3 Å². The Hall–Kier alpha value is -0.420. The van der Waals surface area contributed by atoms with Crippen LogP contribution < -0.4 is 5.32 Å². The van der Waals surface area contributed by atoms with Crippen molar-refractivity contribution in [2.45, 2.75) is 64.2 Å². The first-order valence-corrected chi connectivity index (χ1v) is 9.17. The van der Waals surface area contributed by atoms with E-state index >= 15 is 0 Å². The number of thiophene rings is 1. The Bertz CT molecular complexity index is 361. The molecule has 0 aromatic carbocycles. The summed E-state index contributed by atoms with van der Waals surface area (Å²) in [7, 11) is 0. The number of aliphatic hydroxyl groups is 1. The van der Waals surface area contributed by atoms with E-state index in [2.05, 4.69) is 18.3 Å². The molecule has 1 aliphatic rings. The third-order valence-corrected chi connectivity index (χ3v) is 5.17. The molecule has 0 spiro atoms. The van der Waals surface area contributed by atoms with Crippen molar-refractivity contribution < 1.29 is 9.84 Å². The normalized spacial score (nSPS) is 24.1. The highest BCUT2D eigenvalue weighted by Gasteiger charge is 2.20. The molecule has 1 aromatic heterocycles. The second-order valence-electron chi connectivity index (χ2n) is 6.16. The zero-order valence-electron chi connectivity index (χ0n) is 13.1. The molecule has 4 heteroatoms. The molecule has 3 nitrogen and oxygen atoms in total. The molecule has 1 atom stereocenters. The van der Waals surface area contributed by atoms with E-state index in [1.807, 2.05) is 11.4 Å². The van der Waals surface area contributed by atoms with Crippen LogP contribution in [-0.4, -0.2) is 30.4 Å². The van der Waals surface area contributed by atoms with E-state index in [1.165, 1.54) is 43.4 Å². The van der Waals surface area contributed by atoms with Crippen molar-refractivity contribution in [2.24, 2.45) is 5.92 Å². The van der Waals surface area contributed by atoms with Crippen molar-refractivity contribution in [1.82, 2.24) is 5.32 Å². The standard InChI is InChI=1S/C17H29NO2S/c1-2-4-14-6-8-15(9-7-14)18-11-16(19)12-20-13-17-5-3-10-21-17/h3,5,10,14-16,18-19H,2,4,6-9,11-13H2,1H3. The lowest BCUT2D eigenvalue weighted by molar-refractivity contribution is 0.0277. The van der Waals surface area contributed by atoms with Gasteiger partial charge in [0.25, 0.3) is 0 Å². The van der Waals surface area contributed by atoms with Crippen LogP contribution >= 0.6 is 11.3 Å². The van der Waals surface area contributed by atoms with Gasteiger partial charge in [-0.3, -0.25) is 0 Å². The quantitative estimate of drug-likeness (QED) is 0.732. The first kappa shape index (κ1) is 16.9. The Morgan fingerprint density at radius 2 is 2.19 bits per heavy atom. The predicted octanol–water partition coefficient (Wildman–Crippen LogP) is 3.57. The van der Waals surface area contributed by atoms with Crippen molar-refractivity contribution in [3.63, 3.8) is 0 Å². The summed E-state index contributed by atoms with van der Waals surface area (Å²) in [5.41, 5.74) is 0. The zero-order valence-corrected chi connectivity index (χ0v) is 13.9. The van der Waals surface area contributed by atoms with Crippen LogP contribution in [0.5, 0.6) is 0 Å². The summed E-state index contributed by atoms with van der Waals surface area (Å²) in [6.07, 6.45) is 7.49. The molecule has 1 aliphatic carbocycles. The molecule has 0 saturated heterocycles. The van der Waals surface area contributed by atoms with E-state index in [-0.39, 0.29) is 0 Å². The van der Waals surface area contributed by atoms with Crippen LogP contribution in [0.15, 0.2) is 17.5 Å². The van der Waals surface area contributed by atoms with Crippen molar-refractivity contribution in [3.8, 4) is 0 Å². The maximum absolute atomic E-state index is 9.96. The van der Waals surface area contributed by atoms with E-state index in [1.54, 1.807) is 11.3 Å². The van der Waals surface area contributed by atoms with Gasteiger partial charge in [0, 0.05) is 17.5 Å². The van der Waals surface area contributed by atoms with Crippen molar-refractivity contribution in [3.05, 3.63) is 22.4 Å². The fourth-order valence-electron chi connectivity index (χ4n) is 3.12. The van der Waals surface area contributed by atoms with Crippen molar-refractivity contribution in [1.29, 1.82) is 0 Å². The minimum atomic E-state index is -0.404. The molecule has 1 saturated carbocycles. The highest BCUT2D eigenvalue weighted by Crippen LogP contribution is 2.27. The SMILES string of the molecule is CCCC1CCC(NCC(O)COCc2cccs2)CC1. The van der Waals surface area contributed by atoms with Crippen molar-refractivity contribution >= 4 is 11.3 Å². The predicted molar refractivity (Wildman–Crippen MR) is 88.6 cm³/mol. The molecule has 0 radical (unpaired) electrons. The van der Waals surface area contributed by atoms with Gasteiger partial charge in [0.15, 0.2) is 0 Å². The Kier molecular flexibility index (Phi) is 7.72. The van der Waals surface area contributed by atoms with Gasteiger partial charge in [-0.25, -0.2) is 0 Å². The van der Waals surface area contributed by atoms with Gasteiger partial charge < -0.3 is 15.2 Å². The summed E-state index contributed by atoms with van der Waals surface area (Å²) in [6.45, 7) is 3.94. The van der Waals surface area contributed by atoms with E-state index in [4.69, 9.17) is 4.74 Å². The van der Waals surface area contributed by atoms with Crippen LogP contribution in [0.1, 0.15) is 50.3 Å². The average molecular weight is 311 g/mol. The molecular formula is C17H29NO2S. The summed E-state index contributed by atoms with van der Waals surface area (Å²) in [4.78, 5) is 1.21. The molecule has 0 aliphatic heterocycles. The summed E-state index contributed by atoms with van der Waals surface area (Å²) in [5, 5.41) is 15.5. The smallest absolute Gasteiger partial charge is 0.0897 e. The maximum atomic E-state index is 9.96. The molecule has 1 aromatic rings. The van der Waals surface area contributed by atoms with Gasteiger partial charge in [-0.2, -0.15) is 0 Å². The van der Waals surface area contributed by atoms with E-state index < -0.39 is 6.10 Å². The molecule has 2 rings (SSSR count). The van der Waals surface area contributed by atoms with Crippen molar-refractivity contribution in [2.75, 3.05) is 13.2 Å². The summed E-state index contributed by atoms with van der Waals surface area (Å²) in [5.74, 6) is 0.937. The van der Waals surface area contributed by atoms with Gasteiger partial charge in [0.1, 0.15) is 0 Å². The minimum absolute atomic E-state index is 0.404. The van der Waals surface area contributed by atoms with Gasteiger partial charge in [-0.1, -0.05) is 25.8 Å². The molecule has 2 N–H and O–H groups in total. The lowest BCUT2D eigenvalue weighted by atomic mass is 9.83. The summed E-state index contributed by atoms with van der Waals surface area (Å²) in [6, 6.07) is 4.67. The summed E-state index contributed by atoms with van der Waals surface area (Å²) < 4.78 is 5.55. The van der Waals surface area contributed by atoms with Gasteiger partial charge in [-0.05, 0) is 43.0 Å². The minimum Gasteiger partial charge on any atom is -0.389 e. The molecule has 120 valence electrons. The lowest BCUT2D eigenvalue weighted by Crippen LogP contribution is -2.39. The molecule has 0 bridgehead atoms. The second kappa shape index (κ2) is 9.57. The molecule has 1 heterocycles. The number of hydrogen-bond acceptors (Lipinski definition) is 4. The monoisotopic (exact) mass is 311 g/mol. The average Bonchev–Trinajstić information content (AvgIpc) is 3.00. The Morgan fingerprint density at radius 1 is 1.38 bits per heavy atom. The number of aliphatic hydroxyl groups excluding tert-OH is 1. The fraction of sp³-hybridized carbons (Fsp3) is 0.765. The number of ether oxygens (including phenoxy) is 1. The number of hydrogen-bond donors (Lipinski definition) is 2. The number of nitrogens with one attached hydrogen (secondary N) is 1. The number of rotatable bonds is 9. The van der Waals surface area contributed by atoms with E-state index in [9.17, 15) is 5.11 Å². The summed E-state index contributed by atoms with van der Waals surface area (Å²) >= 11 is 1.69. The van der Waals surface area contributed by atoms with Gasteiger partial charge in [0.2, 0.25) is 0 Å². The van der Waals surface area contributed by atoms with Crippen LogP contribution in [0.3, 0.4) is 0 Å². The van der Waals surface area contributed by atoms with E-state index in [0.717, 1.165) is 5.92 Å². The molecular weight excluding hydrogens is 282 g/mol. The highest BCUT2D eigenvalue weighted by atomic mass is 32.1. The van der Waals surface area contributed by atoms with Crippen LogP contribution in [0.4, 0.5) is 0 Å².